The molecule has 0 aliphatic carbocycles. The molecular formula is C11H12ClNO4. The van der Waals surface area contributed by atoms with Crippen molar-refractivity contribution < 1.29 is 19.8 Å². The summed E-state index contributed by atoms with van der Waals surface area (Å²) < 4.78 is 0. The number of Topliss-reactive ketones (excluding diaryl/α,β-unsaturated/α-hetero) is 1. The van der Waals surface area contributed by atoms with Crippen LogP contribution in [0, 0.1) is 0 Å². The number of rotatable bonds is 4. The zero-order valence-corrected chi connectivity index (χ0v) is 9.81. The number of carboxylic acids is 1. The number of benzene rings is 1. The van der Waals surface area contributed by atoms with Gasteiger partial charge in [-0.05, 0) is 18.6 Å². The van der Waals surface area contributed by atoms with Crippen molar-refractivity contribution >= 4 is 29.0 Å². The van der Waals surface area contributed by atoms with E-state index in [0.717, 1.165) is 0 Å². The maximum Gasteiger partial charge on any atom is 0.337 e. The van der Waals surface area contributed by atoms with Crippen molar-refractivity contribution in [3.05, 3.63) is 29.3 Å². The maximum atomic E-state index is 11.1. The molecule has 0 bridgehead atoms. The van der Waals surface area contributed by atoms with E-state index in [0.29, 0.717) is 5.56 Å². The number of alkyl halides is 1. The highest BCUT2D eigenvalue weighted by Crippen LogP contribution is 2.28. The second-order valence-corrected chi connectivity index (χ2v) is 4.04. The number of hydrogen-bond acceptors (Lipinski definition) is 4. The van der Waals surface area contributed by atoms with E-state index in [1.165, 1.54) is 25.1 Å². The quantitative estimate of drug-likeness (QED) is 0.557. The Kier molecular flexibility index (Phi) is 4.09. The molecule has 1 aromatic carbocycles. The van der Waals surface area contributed by atoms with Crippen LogP contribution in [0.2, 0.25) is 0 Å². The summed E-state index contributed by atoms with van der Waals surface area (Å²) in [7, 11) is 0. The number of carbonyl (C=O) groups is 2. The van der Waals surface area contributed by atoms with Crippen LogP contribution in [0.4, 0.5) is 5.69 Å². The molecule has 0 aliphatic heterocycles. The van der Waals surface area contributed by atoms with Crippen LogP contribution in [0.15, 0.2) is 18.2 Å². The monoisotopic (exact) mass is 257 g/mol. The highest BCUT2D eigenvalue weighted by molar-refractivity contribution is 6.30. The minimum atomic E-state index is -1.69. The zero-order chi connectivity index (χ0) is 13.2. The van der Waals surface area contributed by atoms with Crippen molar-refractivity contribution in [2.45, 2.75) is 18.4 Å². The van der Waals surface area contributed by atoms with Crippen LogP contribution in [-0.4, -0.2) is 22.0 Å². The Labute approximate surface area is 103 Å². The van der Waals surface area contributed by atoms with Crippen molar-refractivity contribution in [2.75, 3.05) is 5.73 Å². The first kappa shape index (κ1) is 13.5. The number of carboxylic acid groups (broad SMARTS) is 1. The van der Waals surface area contributed by atoms with E-state index in [2.05, 4.69) is 0 Å². The third kappa shape index (κ3) is 2.95. The van der Waals surface area contributed by atoms with Gasteiger partial charge in [-0.1, -0.05) is 12.1 Å². The summed E-state index contributed by atoms with van der Waals surface area (Å²) in [6.07, 6.45) is -1.69. The van der Waals surface area contributed by atoms with Crippen molar-refractivity contribution in [3.8, 4) is 0 Å². The van der Waals surface area contributed by atoms with Gasteiger partial charge < -0.3 is 15.9 Å². The minimum Gasteiger partial charge on any atom is -0.479 e. The zero-order valence-electron chi connectivity index (χ0n) is 9.05. The van der Waals surface area contributed by atoms with Crippen LogP contribution in [0.3, 0.4) is 0 Å². The molecule has 0 aromatic heterocycles. The SMILES string of the molecule is CC(=O)C(Cl)c1ccc(C(O)C(=O)O)c(N)c1. The molecule has 1 aromatic rings. The summed E-state index contributed by atoms with van der Waals surface area (Å²) in [5.74, 6) is -1.63. The first-order chi connectivity index (χ1) is 7.84. The van der Waals surface area contributed by atoms with Gasteiger partial charge in [0, 0.05) is 11.3 Å². The average molecular weight is 258 g/mol. The number of aliphatic hydroxyl groups excluding tert-OH is 1. The molecule has 0 fully saturated rings. The number of aliphatic hydroxyl groups is 1. The number of carbonyl (C=O) groups excluding carboxylic acids is 1. The van der Waals surface area contributed by atoms with Gasteiger partial charge in [-0.25, -0.2) is 4.79 Å². The fourth-order valence-electron chi connectivity index (χ4n) is 1.37. The van der Waals surface area contributed by atoms with Gasteiger partial charge >= 0.3 is 5.97 Å². The molecule has 0 saturated carbocycles. The van der Waals surface area contributed by atoms with Crippen molar-refractivity contribution in [2.24, 2.45) is 0 Å². The first-order valence-electron chi connectivity index (χ1n) is 4.79. The summed E-state index contributed by atoms with van der Waals surface area (Å²) in [5.41, 5.74) is 6.24. The topological polar surface area (TPSA) is 101 Å². The number of nitrogens with two attached hydrogens (primary N) is 1. The number of hydrogen-bond donors (Lipinski definition) is 3. The summed E-state index contributed by atoms with van der Waals surface area (Å²) in [5, 5.41) is 17.2. The largest absolute Gasteiger partial charge is 0.479 e. The standard InChI is InChI=1S/C11H12ClNO4/c1-5(14)9(12)6-2-3-7(8(13)4-6)10(15)11(16)17/h2-4,9-10,15H,13H2,1H3,(H,16,17). The summed E-state index contributed by atoms with van der Waals surface area (Å²) in [6, 6.07) is 4.21. The molecule has 0 radical (unpaired) electrons. The summed E-state index contributed by atoms with van der Waals surface area (Å²) in [4.78, 5) is 21.7. The van der Waals surface area contributed by atoms with E-state index >= 15 is 0 Å². The van der Waals surface area contributed by atoms with E-state index in [4.69, 9.17) is 22.4 Å². The van der Waals surface area contributed by atoms with Gasteiger partial charge in [-0.15, -0.1) is 11.6 Å². The predicted octanol–water partition coefficient (Wildman–Crippen LogP) is 1.26. The van der Waals surface area contributed by atoms with Crippen molar-refractivity contribution in [3.63, 3.8) is 0 Å². The molecule has 0 heterocycles. The molecule has 5 nitrogen and oxygen atoms in total. The molecule has 1 rings (SSSR count). The smallest absolute Gasteiger partial charge is 0.337 e. The molecule has 2 atom stereocenters. The molecule has 0 saturated heterocycles. The highest BCUT2D eigenvalue weighted by atomic mass is 35.5. The van der Waals surface area contributed by atoms with Gasteiger partial charge in [0.1, 0.15) is 5.38 Å². The Morgan fingerprint density at radius 3 is 2.41 bits per heavy atom. The Morgan fingerprint density at radius 2 is 2.00 bits per heavy atom. The maximum absolute atomic E-state index is 11.1. The lowest BCUT2D eigenvalue weighted by Gasteiger charge is -2.12. The summed E-state index contributed by atoms with van der Waals surface area (Å²) >= 11 is 5.82. The Bertz CT molecular complexity index is 461. The van der Waals surface area contributed by atoms with Gasteiger partial charge in [-0.3, -0.25) is 4.79 Å². The normalized spacial score (nSPS) is 14.1. The molecule has 4 N–H and O–H groups in total. The van der Waals surface area contributed by atoms with Crippen LogP contribution in [0.5, 0.6) is 0 Å². The second-order valence-electron chi connectivity index (χ2n) is 3.60. The Morgan fingerprint density at radius 1 is 1.41 bits per heavy atom. The van der Waals surface area contributed by atoms with Gasteiger partial charge in [0.15, 0.2) is 11.9 Å². The van der Waals surface area contributed by atoms with E-state index in [1.807, 2.05) is 0 Å². The van der Waals surface area contributed by atoms with Crippen molar-refractivity contribution in [1.82, 2.24) is 0 Å². The number of aliphatic carboxylic acids is 1. The Hall–Kier alpha value is -1.59. The van der Waals surface area contributed by atoms with Gasteiger partial charge in [0.25, 0.3) is 0 Å². The van der Waals surface area contributed by atoms with Crippen molar-refractivity contribution in [1.29, 1.82) is 0 Å². The first-order valence-corrected chi connectivity index (χ1v) is 5.23. The van der Waals surface area contributed by atoms with Crippen LogP contribution >= 0.6 is 11.6 Å². The van der Waals surface area contributed by atoms with Crippen LogP contribution in [0.25, 0.3) is 0 Å². The van der Waals surface area contributed by atoms with Gasteiger partial charge in [0.2, 0.25) is 0 Å². The fraction of sp³-hybridized carbons (Fsp3) is 0.273. The molecule has 6 heteroatoms. The molecule has 0 spiro atoms. The molecular weight excluding hydrogens is 246 g/mol. The molecule has 0 amide bonds. The lowest BCUT2D eigenvalue weighted by Crippen LogP contribution is -2.13. The number of halogens is 1. The van der Waals surface area contributed by atoms with Crippen LogP contribution < -0.4 is 5.73 Å². The number of nitrogen functional groups attached to an aromatic ring is 1. The molecule has 2 unspecified atom stereocenters. The summed E-state index contributed by atoms with van der Waals surface area (Å²) in [6.45, 7) is 1.34. The number of anilines is 1. The third-order valence-corrected chi connectivity index (χ3v) is 2.85. The second kappa shape index (κ2) is 5.16. The third-order valence-electron chi connectivity index (χ3n) is 2.29. The lowest BCUT2D eigenvalue weighted by molar-refractivity contribution is -0.146. The molecule has 92 valence electrons. The number of ketones is 1. The molecule has 17 heavy (non-hydrogen) atoms. The van der Waals surface area contributed by atoms with Crippen LogP contribution in [-0.2, 0) is 9.59 Å². The lowest BCUT2D eigenvalue weighted by atomic mass is 10.0. The van der Waals surface area contributed by atoms with E-state index < -0.39 is 17.5 Å². The van der Waals surface area contributed by atoms with E-state index in [1.54, 1.807) is 0 Å². The molecule has 0 aliphatic rings. The van der Waals surface area contributed by atoms with Gasteiger partial charge in [-0.2, -0.15) is 0 Å². The average Bonchev–Trinajstić information content (AvgIpc) is 2.26. The van der Waals surface area contributed by atoms with E-state index in [9.17, 15) is 14.7 Å². The van der Waals surface area contributed by atoms with E-state index in [-0.39, 0.29) is 17.0 Å². The fourth-order valence-corrected chi connectivity index (χ4v) is 1.50. The Balaban J connectivity index is 3.10. The minimum absolute atomic E-state index is 0.0775. The highest BCUT2D eigenvalue weighted by Gasteiger charge is 2.20. The predicted molar refractivity (Wildman–Crippen MR) is 62.7 cm³/mol. The van der Waals surface area contributed by atoms with Crippen LogP contribution in [0.1, 0.15) is 29.5 Å². The van der Waals surface area contributed by atoms with Gasteiger partial charge in [0.05, 0.1) is 0 Å².